The molecule has 1 heterocycles. The number of benzene rings is 2. The van der Waals surface area contributed by atoms with Crippen molar-refractivity contribution in [2.24, 2.45) is 0 Å². The van der Waals surface area contributed by atoms with Gasteiger partial charge in [-0.2, -0.15) is 0 Å². The molecule has 3 aromatic rings. The van der Waals surface area contributed by atoms with Crippen molar-refractivity contribution in [3.05, 3.63) is 53.4 Å². The molecule has 0 saturated heterocycles. The molecule has 0 spiro atoms. The molecule has 0 unspecified atom stereocenters. The maximum Gasteiger partial charge on any atom is 0.257 e. The van der Waals surface area contributed by atoms with Crippen LogP contribution >= 0.6 is 11.3 Å². The monoisotopic (exact) mass is 459 g/mol. The summed E-state index contributed by atoms with van der Waals surface area (Å²) in [5, 5.41) is 4.92. The second-order valence-corrected chi connectivity index (χ2v) is 9.55. The van der Waals surface area contributed by atoms with E-state index in [4.69, 9.17) is 9.47 Å². The molecule has 0 bridgehead atoms. The summed E-state index contributed by atoms with van der Waals surface area (Å²) in [5.74, 6) is 0.824. The molecule has 1 aliphatic carbocycles. The summed E-state index contributed by atoms with van der Waals surface area (Å²) in [6.07, 6.45) is 1.68. The van der Waals surface area contributed by atoms with Crippen molar-refractivity contribution in [3.8, 4) is 22.8 Å². The van der Waals surface area contributed by atoms with Gasteiger partial charge in [-0.05, 0) is 43.2 Å². The molecule has 1 fully saturated rings. The van der Waals surface area contributed by atoms with E-state index in [1.54, 1.807) is 43.9 Å². The topological polar surface area (TPSA) is 107 Å². The van der Waals surface area contributed by atoms with Crippen LogP contribution in [-0.4, -0.2) is 39.6 Å². The fraction of sp³-hybridized carbons (Fsp3) is 0.238. The molecule has 10 heteroatoms. The van der Waals surface area contributed by atoms with Crippen LogP contribution in [0.2, 0.25) is 0 Å². The highest BCUT2D eigenvalue weighted by molar-refractivity contribution is 7.89. The SMILES string of the molecule is COc1ccc(-c2csc(NC(=O)c3cccc(S(=O)(=O)NC4CC4)c3)n2)c(OC)c1. The lowest BCUT2D eigenvalue weighted by Gasteiger charge is -2.08. The Hall–Kier alpha value is -2.95. The van der Waals surface area contributed by atoms with Gasteiger partial charge in [0.05, 0.1) is 24.8 Å². The van der Waals surface area contributed by atoms with E-state index in [2.05, 4.69) is 15.0 Å². The van der Waals surface area contributed by atoms with Gasteiger partial charge in [0.25, 0.3) is 5.91 Å². The van der Waals surface area contributed by atoms with Gasteiger partial charge in [-0.1, -0.05) is 6.07 Å². The standard InChI is InChI=1S/C21H21N3O5S2/c1-28-15-8-9-17(19(11-15)29-2)18-12-30-21(22-18)23-20(25)13-4-3-5-16(10-13)31(26,27)24-14-6-7-14/h3-5,8-12,14,24H,6-7H2,1-2H3,(H,22,23,25). The molecule has 2 aromatic carbocycles. The van der Waals surface area contributed by atoms with Crippen LogP contribution in [0.1, 0.15) is 23.2 Å². The van der Waals surface area contributed by atoms with E-state index in [0.29, 0.717) is 22.3 Å². The number of nitrogens with one attached hydrogen (secondary N) is 2. The van der Waals surface area contributed by atoms with Gasteiger partial charge in [-0.25, -0.2) is 18.1 Å². The number of methoxy groups -OCH3 is 2. The first-order valence-corrected chi connectivity index (χ1v) is 11.9. The number of nitrogens with zero attached hydrogens (tertiary/aromatic N) is 1. The Morgan fingerprint density at radius 2 is 1.94 bits per heavy atom. The minimum absolute atomic E-state index is 0.00818. The quantitative estimate of drug-likeness (QED) is 0.534. The Balaban J connectivity index is 1.52. The van der Waals surface area contributed by atoms with Gasteiger partial charge >= 0.3 is 0 Å². The number of aromatic nitrogens is 1. The molecule has 2 N–H and O–H groups in total. The van der Waals surface area contributed by atoms with Crippen LogP contribution in [0.15, 0.2) is 52.7 Å². The van der Waals surface area contributed by atoms with Crippen molar-refractivity contribution >= 4 is 32.4 Å². The lowest BCUT2D eigenvalue weighted by molar-refractivity contribution is 0.102. The highest BCUT2D eigenvalue weighted by Crippen LogP contribution is 2.35. The number of carbonyl (C=O) groups is 1. The van der Waals surface area contributed by atoms with Gasteiger partial charge in [-0.15, -0.1) is 11.3 Å². The predicted octanol–water partition coefficient (Wildman–Crippen LogP) is 3.52. The number of hydrogen-bond donors (Lipinski definition) is 2. The van der Waals surface area contributed by atoms with Crippen LogP contribution in [0.3, 0.4) is 0 Å². The lowest BCUT2D eigenvalue weighted by atomic mass is 10.1. The number of thiazole rings is 1. The Bertz CT molecular complexity index is 1220. The highest BCUT2D eigenvalue weighted by atomic mass is 32.2. The molecule has 1 aromatic heterocycles. The molecule has 162 valence electrons. The van der Waals surface area contributed by atoms with Gasteiger partial charge < -0.3 is 9.47 Å². The average Bonchev–Trinajstić information content (AvgIpc) is 3.46. The normalized spacial score (nSPS) is 13.6. The summed E-state index contributed by atoms with van der Waals surface area (Å²) in [6.45, 7) is 0. The van der Waals surface area contributed by atoms with E-state index in [0.717, 1.165) is 18.4 Å². The second kappa shape index (κ2) is 8.66. The fourth-order valence-corrected chi connectivity index (χ4v) is 4.98. The Morgan fingerprint density at radius 1 is 1.13 bits per heavy atom. The third-order valence-corrected chi connectivity index (χ3v) is 6.99. The molecule has 1 aliphatic rings. The molecule has 1 amide bonds. The maximum absolute atomic E-state index is 12.7. The zero-order valence-electron chi connectivity index (χ0n) is 16.9. The Morgan fingerprint density at radius 3 is 2.65 bits per heavy atom. The first kappa shape index (κ1) is 21.3. The largest absolute Gasteiger partial charge is 0.497 e. The number of ether oxygens (including phenoxy) is 2. The van der Waals surface area contributed by atoms with Crippen LogP contribution in [0, 0.1) is 0 Å². The zero-order valence-corrected chi connectivity index (χ0v) is 18.5. The Labute approximate surface area is 184 Å². The number of anilines is 1. The van der Waals surface area contributed by atoms with Crippen molar-refractivity contribution in [1.29, 1.82) is 0 Å². The van der Waals surface area contributed by atoms with Gasteiger partial charge in [0.2, 0.25) is 10.0 Å². The van der Waals surface area contributed by atoms with E-state index in [1.807, 2.05) is 6.07 Å². The van der Waals surface area contributed by atoms with Crippen LogP contribution in [0.25, 0.3) is 11.3 Å². The van der Waals surface area contributed by atoms with Crippen molar-refractivity contribution in [3.63, 3.8) is 0 Å². The van der Waals surface area contributed by atoms with Crippen molar-refractivity contribution in [2.45, 2.75) is 23.8 Å². The molecule has 0 atom stereocenters. The first-order valence-electron chi connectivity index (χ1n) is 9.51. The van der Waals surface area contributed by atoms with E-state index in [1.165, 1.54) is 23.5 Å². The van der Waals surface area contributed by atoms with E-state index in [-0.39, 0.29) is 16.5 Å². The minimum atomic E-state index is -3.64. The number of hydrogen-bond acceptors (Lipinski definition) is 7. The molecule has 0 radical (unpaired) electrons. The number of carbonyl (C=O) groups excluding carboxylic acids is 1. The van der Waals surface area contributed by atoms with Gasteiger partial charge in [0.15, 0.2) is 5.13 Å². The van der Waals surface area contributed by atoms with Crippen LogP contribution in [0.5, 0.6) is 11.5 Å². The number of sulfonamides is 1. The van der Waals surface area contributed by atoms with Crippen molar-refractivity contribution in [1.82, 2.24) is 9.71 Å². The summed E-state index contributed by atoms with van der Waals surface area (Å²) >= 11 is 1.26. The molecule has 8 nitrogen and oxygen atoms in total. The van der Waals surface area contributed by atoms with Crippen LogP contribution in [0.4, 0.5) is 5.13 Å². The lowest BCUT2D eigenvalue weighted by Crippen LogP contribution is -2.26. The van der Waals surface area contributed by atoms with Crippen LogP contribution < -0.4 is 19.5 Å². The van der Waals surface area contributed by atoms with Gasteiger partial charge in [0, 0.05) is 28.6 Å². The average molecular weight is 460 g/mol. The summed E-state index contributed by atoms with van der Waals surface area (Å²) in [6, 6.07) is 11.3. The smallest absolute Gasteiger partial charge is 0.257 e. The molecule has 1 saturated carbocycles. The number of rotatable bonds is 8. The second-order valence-electron chi connectivity index (χ2n) is 6.98. The molecular formula is C21H21N3O5S2. The molecule has 31 heavy (non-hydrogen) atoms. The first-order chi connectivity index (χ1) is 14.9. The maximum atomic E-state index is 12.7. The minimum Gasteiger partial charge on any atom is -0.497 e. The molecule has 4 rings (SSSR count). The number of amides is 1. The van der Waals surface area contributed by atoms with E-state index in [9.17, 15) is 13.2 Å². The Kier molecular flexibility index (Phi) is 5.94. The third-order valence-electron chi connectivity index (χ3n) is 4.71. The fourth-order valence-electron chi connectivity index (χ4n) is 2.93. The van der Waals surface area contributed by atoms with Crippen LogP contribution in [-0.2, 0) is 10.0 Å². The van der Waals surface area contributed by atoms with E-state index < -0.39 is 15.9 Å². The predicted molar refractivity (Wildman–Crippen MR) is 118 cm³/mol. The van der Waals surface area contributed by atoms with Crippen molar-refractivity contribution in [2.75, 3.05) is 19.5 Å². The third kappa shape index (κ3) is 4.87. The summed E-state index contributed by atoms with van der Waals surface area (Å²) in [4.78, 5) is 17.2. The highest BCUT2D eigenvalue weighted by Gasteiger charge is 2.28. The van der Waals surface area contributed by atoms with Gasteiger partial charge in [0.1, 0.15) is 11.5 Å². The molecule has 0 aliphatic heterocycles. The molecular weight excluding hydrogens is 438 g/mol. The summed E-state index contributed by atoms with van der Waals surface area (Å²) in [5.41, 5.74) is 1.64. The van der Waals surface area contributed by atoms with E-state index >= 15 is 0 Å². The van der Waals surface area contributed by atoms with Gasteiger partial charge in [-0.3, -0.25) is 10.1 Å². The summed E-state index contributed by atoms with van der Waals surface area (Å²) in [7, 11) is -0.500. The summed E-state index contributed by atoms with van der Waals surface area (Å²) < 4.78 is 38.1. The van der Waals surface area contributed by atoms with Crippen molar-refractivity contribution < 1.29 is 22.7 Å². The zero-order chi connectivity index (χ0) is 22.0.